The first-order valence-electron chi connectivity index (χ1n) is 8.92. The van der Waals surface area contributed by atoms with Gasteiger partial charge in [-0.15, -0.1) is 11.8 Å². The normalized spacial score (nSPS) is 10.8. The van der Waals surface area contributed by atoms with E-state index in [1.165, 1.54) is 18.3 Å². The number of thioether (sulfide) groups is 1. The molecule has 8 heteroatoms. The van der Waals surface area contributed by atoms with Gasteiger partial charge in [0.05, 0.1) is 5.56 Å². The molecule has 0 N–H and O–H groups in total. The maximum atomic E-state index is 12.7. The van der Waals surface area contributed by atoms with Gasteiger partial charge in [0, 0.05) is 33.9 Å². The lowest BCUT2D eigenvalue weighted by molar-refractivity contribution is -0.137. The van der Waals surface area contributed by atoms with Crippen LogP contribution < -0.4 is 4.74 Å². The molecular formula is C21H20BrF3N2OS. The van der Waals surface area contributed by atoms with Crippen LogP contribution in [0, 0.1) is 0 Å². The van der Waals surface area contributed by atoms with Crippen LogP contribution >= 0.6 is 27.7 Å². The number of alkyl halides is 4. The van der Waals surface area contributed by atoms with Crippen LogP contribution in [0.1, 0.15) is 19.4 Å². The predicted molar refractivity (Wildman–Crippen MR) is 115 cm³/mol. The molecule has 0 saturated heterocycles. The zero-order valence-corrected chi connectivity index (χ0v) is 18.3. The minimum atomic E-state index is -4.38. The Hall–Kier alpha value is -2.06. The number of aromatic nitrogens is 2. The summed E-state index contributed by atoms with van der Waals surface area (Å²) in [4.78, 5) is 9.62. The maximum absolute atomic E-state index is 12.7. The molecule has 29 heavy (non-hydrogen) atoms. The van der Waals surface area contributed by atoms with Crippen molar-refractivity contribution in [1.29, 1.82) is 0 Å². The molecule has 3 aromatic rings. The minimum absolute atomic E-state index is 0.234. The van der Waals surface area contributed by atoms with Gasteiger partial charge in [-0.05, 0) is 36.4 Å². The van der Waals surface area contributed by atoms with E-state index in [-0.39, 0.29) is 11.6 Å². The SMILES string of the molecule is CC.FC(F)(F)c1ccc(Oc2nccnc2-c2ccc(SCCBr)cc2)cc1. The van der Waals surface area contributed by atoms with Gasteiger partial charge in [-0.2, -0.15) is 13.2 Å². The third-order valence-corrected chi connectivity index (χ3v) is 5.47. The lowest BCUT2D eigenvalue weighted by Crippen LogP contribution is -2.04. The summed E-state index contributed by atoms with van der Waals surface area (Å²) >= 11 is 5.12. The van der Waals surface area contributed by atoms with Crippen LogP contribution in [-0.4, -0.2) is 21.1 Å². The highest BCUT2D eigenvalue weighted by Gasteiger charge is 2.30. The van der Waals surface area contributed by atoms with Gasteiger partial charge in [0.2, 0.25) is 5.88 Å². The van der Waals surface area contributed by atoms with Crippen molar-refractivity contribution < 1.29 is 17.9 Å². The van der Waals surface area contributed by atoms with E-state index >= 15 is 0 Å². The van der Waals surface area contributed by atoms with Gasteiger partial charge in [0.15, 0.2) is 0 Å². The number of benzene rings is 2. The van der Waals surface area contributed by atoms with Crippen molar-refractivity contribution >= 4 is 27.7 Å². The molecule has 3 nitrogen and oxygen atoms in total. The van der Waals surface area contributed by atoms with Crippen LogP contribution in [0.25, 0.3) is 11.3 Å². The summed E-state index contributed by atoms with van der Waals surface area (Å²) in [5.41, 5.74) is 0.605. The largest absolute Gasteiger partial charge is 0.437 e. The number of ether oxygens (including phenoxy) is 1. The van der Waals surface area contributed by atoms with Crippen LogP contribution in [0.2, 0.25) is 0 Å². The van der Waals surface area contributed by atoms with E-state index in [0.29, 0.717) is 5.69 Å². The fraction of sp³-hybridized carbons (Fsp3) is 0.238. The lowest BCUT2D eigenvalue weighted by atomic mass is 10.1. The van der Waals surface area contributed by atoms with Crippen molar-refractivity contribution in [3.63, 3.8) is 0 Å². The second-order valence-electron chi connectivity index (χ2n) is 5.40. The first kappa shape index (κ1) is 23.2. The Morgan fingerprint density at radius 1 is 0.931 bits per heavy atom. The molecule has 0 bridgehead atoms. The highest BCUT2D eigenvalue weighted by atomic mass is 79.9. The molecule has 0 fully saturated rings. The molecule has 0 aliphatic carbocycles. The first-order chi connectivity index (χ1) is 14.0. The second-order valence-corrected chi connectivity index (χ2v) is 7.36. The fourth-order valence-electron chi connectivity index (χ4n) is 2.29. The Labute approximate surface area is 180 Å². The monoisotopic (exact) mass is 484 g/mol. The third-order valence-electron chi connectivity index (χ3n) is 3.53. The van der Waals surface area contributed by atoms with Crippen molar-refractivity contribution in [3.05, 3.63) is 66.5 Å². The molecule has 1 heterocycles. The van der Waals surface area contributed by atoms with E-state index in [4.69, 9.17) is 4.74 Å². The third kappa shape index (κ3) is 6.75. The Morgan fingerprint density at radius 2 is 1.55 bits per heavy atom. The molecule has 0 saturated carbocycles. The summed E-state index contributed by atoms with van der Waals surface area (Å²) in [6.45, 7) is 4.00. The molecule has 2 aromatic carbocycles. The Morgan fingerprint density at radius 3 is 2.14 bits per heavy atom. The van der Waals surface area contributed by atoms with Crippen LogP contribution in [0.4, 0.5) is 13.2 Å². The Balaban J connectivity index is 0.00000145. The Bertz CT molecular complexity index is 888. The Kier molecular flexibility index (Phi) is 8.98. The van der Waals surface area contributed by atoms with Gasteiger partial charge in [-0.25, -0.2) is 9.97 Å². The van der Waals surface area contributed by atoms with Gasteiger partial charge in [0.25, 0.3) is 0 Å². The quantitative estimate of drug-likeness (QED) is 0.268. The summed E-state index contributed by atoms with van der Waals surface area (Å²) in [6.07, 6.45) is -1.36. The molecule has 0 aliphatic heterocycles. The molecule has 0 atom stereocenters. The van der Waals surface area contributed by atoms with Gasteiger partial charge in [-0.1, -0.05) is 41.9 Å². The van der Waals surface area contributed by atoms with E-state index < -0.39 is 11.7 Å². The average molecular weight is 485 g/mol. The lowest BCUT2D eigenvalue weighted by Gasteiger charge is -2.11. The van der Waals surface area contributed by atoms with Crippen molar-refractivity contribution in [2.75, 3.05) is 11.1 Å². The van der Waals surface area contributed by atoms with E-state index in [2.05, 4.69) is 25.9 Å². The molecule has 154 valence electrons. The molecule has 3 rings (SSSR count). The van der Waals surface area contributed by atoms with Gasteiger partial charge in [-0.3, -0.25) is 0 Å². The van der Waals surface area contributed by atoms with Crippen LogP contribution in [0.3, 0.4) is 0 Å². The number of nitrogens with zero attached hydrogens (tertiary/aromatic N) is 2. The van der Waals surface area contributed by atoms with Crippen molar-refractivity contribution in [3.8, 4) is 22.9 Å². The second kappa shape index (κ2) is 11.2. The van der Waals surface area contributed by atoms with E-state index in [0.717, 1.165) is 33.7 Å². The van der Waals surface area contributed by atoms with Gasteiger partial charge >= 0.3 is 6.18 Å². The van der Waals surface area contributed by atoms with E-state index in [9.17, 15) is 13.2 Å². The molecule has 1 aromatic heterocycles. The number of rotatable bonds is 6. The van der Waals surface area contributed by atoms with Crippen molar-refractivity contribution in [1.82, 2.24) is 9.97 Å². The number of halogens is 4. The highest BCUT2D eigenvalue weighted by molar-refractivity contribution is 9.09. The molecule has 0 unspecified atom stereocenters. The summed E-state index contributed by atoms with van der Waals surface area (Å²) in [5, 5.41) is 0.911. The zero-order valence-electron chi connectivity index (χ0n) is 15.9. The first-order valence-corrected chi connectivity index (χ1v) is 11.0. The topological polar surface area (TPSA) is 35.0 Å². The average Bonchev–Trinajstić information content (AvgIpc) is 2.74. The standard InChI is InChI=1S/C19H14BrF3N2OS.C2H6/c20-9-12-27-16-7-1-13(2-8-16)17-18(25-11-10-24-17)26-15-5-3-14(4-6-15)19(21,22)23;1-2/h1-8,10-11H,9,12H2;1-2H3. The minimum Gasteiger partial charge on any atom is -0.437 e. The molecular weight excluding hydrogens is 465 g/mol. The van der Waals surface area contributed by atoms with Crippen molar-refractivity contribution in [2.45, 2.75) is 24.9 Å². The fourth-order valence-corrected chi connectivity index (χ4v) is 3.41. The van der Waals surface area contributed by atoms with E-state index in [1.807, 2.05) is 38.1 Å². The van der Waals surface area contributed by atoms with Crippen LogP contribution in [0.15, 0.2) is 65.8 Å². The van der Waals surface area contributed by atoms with Gasteiger partial charge < -0.3 is 4.74 Å². The van der Waals surface area contributed by atoms with Crippen molar-refractivity contribution in [2.24, 2.45) is 0 Å². The predicted octanol–water partition coefficient (Wildman–Crippen LogP) is 7.47. The molecule has 0 spiro atoms. The highest BCUT2D eigenvalue weighted by Crippen LogP contribution is 2.33. The smallest absolute Gasteiger partial charge is 0.416 e. The zero-order chi connectivity index (χ0) is 21.3. The van der Waals surface area contributed by atoms with Crippen LogP contribution in [-0.2, 0) is 6.18 Å². The number of hydrogen-bond donors (Lipinski definition) is 0. The summed E-state index contributed by atoms with van der Waals surface area (Å²) in [7, 11) is 0. The molecule has 0 radical (unpaired) electrons. The van der Waals surface area contributed by atoms with E-state index in [1.54, 1.807) is 18.0 Å². The van der Waals surface area contributed by atoms with Gasteiger partial charge in [0.1, 0.15) is 11.4 Å². The number of hydrogen-bond acceptors (Lipinski definition) is 4. The van der Waals surface area contributed by atoms with Crippen LogP contribution in [0.5, 0.6) is 11.6 Å². The molecule has 0 amide bonds. The summed E-state index contributed by atoms with van der Waals surface area (Å²) < 4.78 is 43.7. The molecule has 0 aliphatic rings. The maximum Gasteiger partial charge on any atom is 0.416 e. The summed E-state index contributed by atoms with van der Waals surface area (Å²) in [6, 6.07) is 12.3. The summed E-state index contributed by atoms with van der Waals surface area (Å²) in [5.74, 6) is 1.46.